The van der Waals surface area contributed by atoms with Gasteiger partial charge in [0.05, 0.1) is 11.7 Å². The molecule has 2 unspecified atom stereocenters. The largest absolute Gasteiger partial charge is 0.393 e. The molecular weight excluding hydrogens is 164 g/mol. The number of ether oxygens (including phenoxy) is 1. The second kappa shape index (κ2) is 3.58. The topological polar surface area (TPSA) is 29.5 Å². The van der Waals surface area contributed by atoms with Crippen LogP contribution in [0.3, 0.4) is 0 Å². The third-order valence-corrected chi connectivity index (χ3v) is 3.51. The highest BCUT2D eigenvalue weighted by molar-refractivity contribution is 4.87. The Morgan fingerprint density at radius 2 is 2.15 bits per heavy atom. The van der Waals surface area contributed by atoms with Crippen molar-refractivity contribution in [1.82, 2.24) is 0 Å². The Bertz CT molecular complexity index is 177. The summed E-state index contributed by atoms with van der Waals surface area (Å²) in [6.07, 6.45) is 6.82. The first-order valence-corrected chi connectivity index (χ1v) is 5.50. The van der Waals surface area contributed by atoms with E-state index in [4.69, 9.17) is 4.74 Å². The van der Waals surface area contributed by atoms with E-state index in [1.54, 1.807) is 0 Å². The molecule has 0 amide bonds. The lowest BCUT2D eigenvalue weighted by Crippen LogP contribution is -2.41. The lowest BCUT2D eigenvalue weighted by molar-refractivity contribution is -0.122. The smallest absolute Gasteiger partial charge is 0.0681 e. The maximum Gasteiger partial charge on any atom is 0.0681 e. The maximum absolute atomic E-state index is 9.57. The van der Waals surface area contributed by atoms with Crippen LogP contribution in [0.5, 0.6) is 0 Å². The van der Waals surface area contributed by atoms with E-state index in [1.807, 2.05) is 0 Å². The molecule has 1 saturated heterocycles. The third kappa shape index (κ3) is 2.23. The average Bonchev–Trinajstić information content (AvgIpc) is 1.97. The van der Waals surface area contributed by atoms with Crippen LogP contribution in [0.1, 0.15) is 45.4 Å². The summed E-state index contributed by atoms with van der Waals surface area (Å²) in [7, 11) is 0. The first kappa shape index (κ1) is 9.47. The summed E-state index contributed by atoms with van der Waals surface area (Å²) >= 11 is 0. The molecule has 0 aromatic carbocycles. The van der Waals surface area contributed by atoms with Gasteiger partial charge in [0.1, 0.15) is 0 Å². The van der Waals surface area contributed by atoms with Crippen LogP contribution in [0.15, 0.2) is 0 Å². The molecule has 2 aliphatic rings. The molecule has 2 atom stereocenters. The van der Waals surface area contributed by atoms with Gasteiger partial charge in [0.2, 0.25) is 0 Å². The van der Waals surface area contributed by atoms with Gasteiger partial charge in [-0.25, -0.2) is 0 Å². The molecule has 1 N–H and O–H groups in total. The van der Waals surface area contributed by atoms with Gasteiger partial charge in [0.15, 0.2) is 0 Å². The minimum atomic E-state index is -0.126. The van der Waals surface area contributed by atoms with Gasteiger partial charge < -0.3 is 9.84 Å². The Labute approximate surface area is 80.3 Å². The SMILES string of the molecule is CC1(CC2CCC2)CC(O)CCO1. The Hall–Kier alpha value is -0.0800. The van der Waals surface area contributed by atoms with Crippen molar-refractivity contribution in [2.45, 2.75) is 57.2 Å². The number of hydrogen-bond acceptors (Lipinski definition) is 2. The highest BCUT2D eigenvalue weighted by Crippen LogP contribution is 2.38. The monoisotopic (exact) mass is 184 g/mol. The highest BCUT2D eigenvalue weighted by atomic mass is 16.5. The predicted molar refractivity (Wildman–Crippen MR) is 51.6 cm³/mol. The molecule has 2 rings (SSSR count). The van der Waals surface area contributed by atoms with Crippen molar-refractivity contribution in [2.24, 2.45) is 5.92 Å². The zero-order chi connectivity index (χ0) is 9.31. The fourth-order valence-corrected chi connectivity index (χ4v) is 2.55. The Morgan fingerprint density at radius 3 is 2.69 bits per heavy atom. The number of rotatable bonds is 2. The first-order valence-electron chi connectivity index (χ1n) is 5.50. The van der Waals surface area contributed by atoms with Crippen LogP contribution in [0.4, 0.5) is 0 Å². The number of aliphatic hydroxyl groups excluding tert-OH is 1. The van der Waals surface area contributed by atoms with Crippen LogP contribution in [0.2, 0.25) is 0 Å². The van der Waals surface area contributed by atoms with Gasteiger partial charge in [-0.3, -0.25) is 0 Å². The number of hydrogen-bond donors (Lipinski definition) is 1. The predicted octanol–water partition coefficient (Wildman–Crippen LogP) is 2.11. The van der Waals surface area contributed by atoms with Crippen molar-refractivity contribution in [1.29, 1.82) is 0 Å². The van der Waals surface area contributed by atoms with Crippen molar-refractivity contribution >= 4 is 0 Å². The molecule has 1 aliphatic carbocycles. The van der Waals surface area contributed by atoms with Gasteiger partial charge in [-0.1, -0.05) is 19.3 Å². The molecule has 76 valence electrons. The Balaban J connectivity index is 1.85. The third-order valence-electron chi connectivity index (χ3n) is 3.51. The van der Waals surface area contributed by atoms with Gasteiger partial charge in [0, 0.05) is 13.0 Å². The van der Waals surface area contributed by atoms with Crippen LogP contribution in [-0.2, 0) is 4.74 Å². The van der Waals surface area contributed by atoms with Crippen LogP contribution in [0, 0.1) is 5.92 Å². The normalized spacial score (nSPS) is 41.5. The van der Waals surface area contributed by atoms with Gasteiger partial charge >= 0.3 is 0 Å². The van der Waals surface area contributed by atoms with E-state index in [0.717, 1.165) is 31.8 Å². The van der Waals surface area contributed by atoms with Crippen molar-refractivity contribution in [3.05, 3.63) is 0 Å². The quantitative estimate of drug-likeness (QED) is 0.712. The molecule has 1 aliphatic heterocycles. The molecule has 13 heavy (non-hydrogen) atoms. The summed E-state index contributed by atoms with van der Waals surface area (Å²) in [4.78, 5) is 0. The maximum atomic E-state index is 9.57. The summed E-state index contributed by atoms with van der Waals surface area (Å²) in [5.74, 6) is 0.871. The molecule has 1 saturated carbocycles. The molecule has 0 aromatic heterocycles. The number of aliphatic hydroxyl groups is 1. The molecule has 2 fully saturated rings. The van der Waals surface area contributed by atoms with Crippen LogP contribution in [0.25, 0.3) is 0 Å². The van der Waals surface area contributed by atoms with Gasteiger partial charge in [-0.05, 0) is 25.7 Å². The fourth-order valence-electron chi connectivity index (χ4n) is 2.55. The zero-order valence-corrected chi connectivity index (χ0v) is 8.46. The first-order chi connectivity index (χ1) is 6.18. The zero-order valence-electron chi connectivity index (χ0n) is 8.46. The second-order valence-electron chi connectivity index (χ2n) is 4.95. The molecule has 2 heteroatoms. The van der Waals surface area contributed by atoms with Crippen LogP contribution in [-0.4, -0.2) is 23.4 Å². The molecule has 0 bridgehead atoms. The summed E-state index contributed by atoms with van der Waals surface area (Å²) in [5, 5.41) is 9.57. The van der Waals surface area contributed by atoms with E-state index in [9.17, 15) is 5.11 Å². The van der Waals surface area contributed by atoms with E-state index in [2.05, 4.69) is 6.92 Å². The Morgan fingerprint density at radius 1 is 1.38 bits per heavy atom. The molecule has 0 spiro atoms. The standard InChI is InChI=1S/C11H20O2/c1-11(7-9-3-2-4-9)8-10(12)5-6-13-11/h9-10,12H,2-8H2,1H3. The lowest BCUT2D eigenvalue weighted by atomic mass is 9.75. The minimum absolute atomic E-state index is 0.0250. The van der Waals surface area contributed by atoms with Gasteiger partial charge in [-0.2, -0.15) is 0 Å². The fraction of sp³-hybridized carbons (Fsp3) is 1.00. The lowest BCUT2D eigenvalue weighted by Gasteiger charge is -2.41. The molecule has 2 nitrogen and oxygen atoms in total. The molecule has 1 heterocycles. The van der Waals surface area contributed by atoms with Crippen molar-refractivity contribution in [3.8, 4) is 0 Å². The highest BCUT2D eigenvalue weighted by Gasteiger charge is 2.36. The van der Waals surface area contributed by atoms with E-state index in [-0.39, 0.29) is 11.7 Å². The van der Waals surface area contributed by atoms with Gasteiger partial charge in [0.25, 0.3) is 0 Å². The van der Waals surface area contributed by atoms with Crippen molar-refractivity contribution < 1.29 is 9.84 Å². The summed E-state index contributed by atoms with van der Waals surface area (Å²) in [6, 6.07) is 0. The van der Waals surface area contributed by atoms with E-state index >= 15 is 0 Å². The van der Waals surface area contributed by atoms with E-state index in [0.29, 0.717) is 0 Å². The summed E-state index contributed by atoms with van der Waals surface area (Å²) in [5.41, 5.74) is -0.0250. The Kier molecular flexibility index (Phi) is 2.61. The molecular formula is C11H20O2. The average molecular weight is 184 g/mol. The van der Waals surface area contributed by atoms with E-state index in [1.165, 1.54) is 19.3 Å². The summed E-state index contributed by atoms with van der Waals surface area (Å²) < 4.78 is 5.78. The van der Waals surface area contributed by atoms with Crippen LogP contribution < -0.4 is 0 Å². The van der Waals surface area contributed by atoms with Crippen molar-refractivity contribution in [2.75, 3.05) is 6.61 Å². The van der Waals surface area contributed by atoms with Gasteiger partial charge in [-0.15, -0.1) is 0 Å². The molecule has 0 aromatic rings. The molecule has 0 radical (unpaired) electrons. The van der Waals surface area contributed by atoms with Crippen LogP contribution >= 0.6 is 0 Å². The van der Waals surface area contributed by atoms with Crippen molar-refractivity contribution in [3.63, 3.8) is 0 Å². The van der Waals surface area contributed by atoms with E-state index < -0.39 is 0 Å². The second-order valence-corrected chi connectivity index (χ2v) is 4.95. The summed E-state index contributed by atoms with van der Waals surface area (Å²) in [6.45, 7) is 2.90. The minimum Gasteiger partial charge on any atom is -0.393 e.